The number of nitrogens with two attached hydrogens (primary N) is 1. The van der Waals surface area contributed by atoms with Crippen molar-refractivity contribution in [2.45, 2.75) is 36.9 Å². The van der Waals surface area contributed by atoms with Gasteiger partial charge in [0.1, 0.15) is 12.1 Å². The summed E-state index contributed by atoms with van der Waals surface area (Å²) in [5.74, 6) is -1.75. The molecule has 4 rings (SSSR count). The molecule has 3 amide bonds. The summed E-state index contributed by atoms with van der Waals surface area (Å²) < 4.78 is 28.2. The number of benzene rings is 2. The number of hydrogen-bond acceptors (Lipinski definition) is 6. The fraction of sp³-hybridized carbons (Fsp3) is 0.308. The smallest absolute Gasteiger partial charge is 0.245 e. The molecule has 1 aliphatic rings. The molecule has 0 radical (unpaired) electrons. The number of aromatic nitrogens is 1. The quantitative estimate of drug-likeness (QED) is 0.428. The molecule has 3 aromatic rings. The van der Waals surface area contributed by atoms with Crippen molar-refractivity contribution in [3.63, 3.8) is 0 Å². The number of sulfonamides is 1. The summed E-state index contributed by atoms with van der Waals surface area (Å²) in [6.45, 7) is 1.41. The Labute approximate surface area is 226 Å². The highest BCUT2D eigenvalue weighted by atomic mass is 35.5. The first-order chi connectivity index (χ1) is 18.0. The van der Waals surface area contributed by atoms with Gasteiger partial charge in [-0.3, -0.25) is 19.4 Å². The van der Waals surface area contributed by atoms with Crippen LogP contribution in [0.1, 0.15) is 18.9 Å². The number of hydrogen-bond donors (Lipinski definition) is 1. The molecule has 2 heterocycles. The van der Waals surface area contributed by atoms with Crippen LogP contribution in [0.4, 0.5) is 0 Å². The Kier molecular flexibility index (Phi) is 8.00. The molecule has 200 valence electrons. The van der Waals surface area contributed by atoms with E-state index in [2.05, 4.69) is 4.98 Å². The molecule has 0 bridgehead atoms. The molecule has 0 unspecified atom stereocenters. The first kappa shape index (κ1) is 27.5. The number of likely N-dealkylation sites (tertiary alicyclic amines) is 1. The summed E-state index contributed by atoms with van der Waals surface area (Å²) in [6.07, 6.45) is 3.37. The molecule has 0 saturated carbocycles. The molecule has 1 aromatic heterocycles. The lowest BCUT2D eigenvalue weighted by Gasteiger charge is -2.30. The molecule has 12 heteroatoms. The monoisotopic (exact) mass is 557 g/mol. The van der Waals surface area contributed by atoms with Crippen LogP contribution in [0.15, 0.2) is 65.8 Å². The van der Waals surface area contributed by atoms with Crippen LogP contribution in [0.5, 0.6) is 0 Å². The lowest BCUT2D eigenvalue weighted by molar-refractivity contribution is -0.143. The summed E-state index contributed by atoms with van der Waals surface area (Å²) in [7, 11) is -2.66. The van der Waals surface area contributed by atoms with Gasteiger partial charge >= 0.3 is 0 Å². The van der Waals surface area contributed by atoms with E-state index in [1.165, 1.54) is 21.9 Å². The fourth-order valence-corrected chi connectivity index (χ4v) is 6.43. The molecule has 2 atom stereocenters. The number of carbonyl (C=O) groups excluding carboxylic acids is 3. The maximum Gasteiger partial charge on any atom is 0.245 e. The second-order valence-electron chi connectivity index (χ2n) is 9.23. The maximum absolute atomic E-state index is 13.7. The van der Waals surface area contributed by atoms with E-state index < -0.39 is 40.5 Å². The van der Waals surface area contributed by atoms with Crippen LogP contribution in [0.2, 0.25) is 5.02 Å². The molecular weight excluding hydrogens is 530 g/mol. The number of pyridine rings is 1. The molecule has 38 heavy (non-hydrogen) atoms. The molecule has 2 aromatic carbocycles. The number of fused-ring (bicyclic) bond motifs is 1. The number of likely N-dealkylation sites (N-methyl/N-ethyl adjacent to an activating group) is 1. The van der Waals surface area contributed by atoms with Gasteiger partial charge in [-0.1, -0.05) is 23.7 Å². The summed E-state index contributed by atoms with van der Waals surface area (Å²) in [6, 6.07) is 11.1. The van der Waals surface area contributed by atoms with E-state index >= 15 is 0 Å². The van der Waals surface area contributed by atoms with Gasteiger partial charge in [0.05, 0.1) is 11.4 Å². The number of halogens is 1. The van der Waals surface area contributed by atoms with Crippen molar-refractivity contribution in [2.75, 3.05) is 20.1 Å². The van der Waals surface area contributed by atoms with Crippen LogP contribution < -0.4 is 5.73 Å². The van der Waals surface area contributed by atoms with Gasteiger partial charge in [0.2, 0.25) is 27.7 Å². The maximum atomic E-state index is 13.7. The van der Waals surface area contributed by atoms with E-state index in [0.717, 1.165) is 15.3 Å². The average Bonchev–Trinajstić information content (AvgIpc) is 3.26. The van der Waals surface area contributed by atoms with Crippen molar-refractivity contribution in [2.24, 2.45) is 5.73 Å². The minimum Gasteiger partial charge on any atom is -0.369 e. The molecular formula is C26H28ClN5O5S. The van der Waals surface area contributed by atoms with Gasteiger partial charge in [-0.05, 0) is 66.1 Å². The largest absolute Gasteiger partial charge is 0.369 e. The summed E-state index contributed by atoms with van der Waals surface area (Å²) in [5.41, 5.74) is 6.27. The number of carbonyl (C=O) groups is 3. The van der Waals surface area contributed by atoms with E-state index in [0.29, 0.717) is 17.0 Å². The van der Waals surface area contributed by atoms with Gasteiger partial charge in [-0.25, -0.2) is 8.42 Å². The van der Waals surface area contributed by atoms with Crippen LogP contribution in [0.3, 0.4) is 0 Å². The molecule has 1 saturated heterocycles. The Morgan fingerprint density at radius 1 is 1.13 bits per heavy atom. The zero-order valence-corrected chi connectivity index (χ0v) is 22.5. The third-order valence-electron chi connectivity index (χ3n) is 6.62. The topological polar surface area (TPSA) is 134 Å². The first-order valence-electron chi connectivity index (χ1n) is 11.9. The van der Waals surface area contributed by atoms with Crippen LogP contribution in [-0.2, 0) is 31.0 Å². The summed E-state index contributed by atoms with van der Waals surface area (Å²) >= 11 is 6.03. The predicted octanol–water partition coefficient (Wildman–Crippen LogP) is 2.01. The molecule has 0 aliphatic carbocycles. The zero-order valence-electron chi connectivity index (χ0n) is 21.0. The molecule has 1 aliphatic heterocycles. The van der Waals surface area contributed by atoms with E-state index in [1.54, 1.807) is 62.8 Å². The van der Waals surface area contributed by atoms with Crippen molar-refractivity contribution < 1.29 is 22.8 Å². The molecule has 0 spiro atoms. The van der Waals surface area contributed by atoms with Gasteiger partial charge in [0.25, 0.3) is 0 Å². The summed E-state index contributed by atoms with van der Waals surface area (Å²) in [4.78, 5) is 45.2. The van der Waals surface area contributed by atoms with Crippen LogP contribution in [0.25, 0.3) is 10.8 Å². The molecule has 1 fully saturated rings. The molecule has 10 nitrogen and oxygen atoms in total. The third kappa shape index (κ3) is 5.64. The van der Waals surface area contributed by atoms with Crippen LogP contribution in [0, 0.1) is 0 Å². The van der Waals surface area contributed by atoms with E-state index in [-0.39, 0.29) is 23.8 Å². The highest BCUT2D eigenvalue weighted by molar-refractivity contribution is 7.89. The van der Waals surface area contributed by atoms with Crippen molar-refractivity contribution >= 4 is 50.1 Å². The number of nitrogens with zero attached hydrogens (tertiary/aromatic N) is 4. The Morgan fingerprint density at radius 2 is 1.79 bits per heavy atom. The lowest BCUT2D eigenvalue weighted by atomic mass is 10.1. The van der Waals surface area contributed by atoms with Gasteiger partial charge in [0, 0.05) is 37.6 Å². The predicted molar refractivity (Wildman–Crippen MR) is 142 cm³/mol. The standard InChI is InChI=1S/C26H28ClN5O5S/c1-17(25(34)30(2)15-18-7-10-29-11-8-18)31-12-9-23(26(31)35)32(16-24(28)33)38(36,37)22-6-4-19-13-21(27)5-3-20(19)14-22/h3-8,10-11,13-14,17,23H,9,12,15-16H2,1-2H3,(H2,28,33)/t17-,23-/m0/s1. The van der Waals surface area contributed by atoms with Crippen molar-refractivity contribution in [1.29, 1.82) is 0 Å². The van der Waals surface area contributed by atoms with E-state index in [4.69, 9.17) is 17.3 Å². The number of amides is 3. The second kappa shape index (κ2) is 11.1. The van der Waals surface area contributed by atoms with Crippen molar-refractivity contribution in [3.05, 3.63) is 71.5 Å². The van der Waals surface area contributed by atoms with E-state index in [1.807, 2.05) is 0 Å². The average molecular weight is 558 g/mol. The minimum absolute atomic E-state index is 0.0824. The Balaban J connectivity index is 1.57. The fourth-order valence-electron chi connectivity index (χ4n) is 4.64. The van der Waals surface area contributed by atoms with Gasteiger partial charge in [-0.2, -0.15) is 4.31 Å². The highest BCUT2D eigenvalue weighted by Gasteiger charge is 2.45. The number of rotatable bonds is 9. The normalized spacial score (nSPS) is 16.7. The second-order valence-corrected chi connectivity index (χ2v) is 11.6. The Bertz CT molecular complexity index is 1480. The first-order valence-corrected chi connectivity index (χ1v) is 13.7. The van der Waals surface area contributed by atoms with Crippen molar-refractivity contribution in [1.82, 2.24) is 19.1 Å². The minimum atomic E-state index is -4.29. The van der Waals surface area contributed by atoms with Crippen molar-refractivity contribution in [3.8, 4) is 0 Å². The highest BCUT2D eigenvalue weighted by Crippen LogP contribution is 2.29. The van der Waals surface area contributed by atoms with Gasteiger partial charge in [0.15, 0.2) is 0 Å². The Hall–Kier alpha value is -3.54. The molecule has 2 N–H and O–H groups in total. The SMILES string of the molecule is C[C@@H](C(=O)N(C)Cc1ccncc1)N1CC[C@H](N(CC(N)=O)S(=O)(=O)c2ccc3cc(Cl)ccc3c2)C1=O. The Morgan fingerprint density at radius 3 is 2.47 bits per heavy atom. The van der Waals surface area contributed by atoms with Crippen LogP contribution >= 0.6 is 11.6 Å². The van der Waals surface area contributed by atoms with Crippen LogP contribution in [-0.4, -0.2) is 77.4 Å². The van der Waals surface area contributed by atoms with Gasteiger partial charge < -0.3 is 15.5 Å². The number of primary amides is 1. The van der Waals surface area contributed by atoms with Gasteiger partial charge in [-0.15, -0.1) is 0 Å². The summed E-state index contributed by atoms with van der Waals surface area (Å²) in [5, 5.41) is 1.88. The van der Waals surface area contributed by atoms with E-state index in [9.17, 15) is 22.8 Å². The lowest BCUT2D eigenvalue weighted by Crippen LogP contribution is -2.52. The zero-order chi connectivity index (χ0) is 27.6. The third-order valence-corrected chi connectivity index (χ3v) is 8.71.